The van der Waals surface area contributed by atoms with Gasteiger partial charge in [-0.1, -0.05) is 6.07 Å². The predicted octanol–water partition coefficient (Wildman–Crippen LogP) is 3.33. The first-order valence-electron chi connectivity index (χ1n) is 10.5. The molecule has 2 aliphatic carbocycles. The van der Waals surface area contributed by atoms with Gasteiger partial charge in [0.25, 0.3) is 5.91 Å². The van der Waals surface area contributed by atoms with Crippen molar-refractivity contribution in [3.05, 3.63) is 23.8 Å². The molecule has 8 heteroatoms. The summed E-state index contributed by atoms with van der Waals surface area (Å²) in [4.78, 5) is 14.2. The number of amides is 1. The number of hydrogen-bond donors (Lipinski definition) is 2. The third-order valence-corrected chi connectivity index (χ3v) is 7.00. The average molecular weight is 436 g/mol. The number of methoxy groups -OCH3 is 1. The second-order valence-corrected chi connectivity index (χ2v) is 8.54. The number of nitrogens with zero attached hydrogens (tertiary/aromatic N) is 2. The van der Waals surface area contributed by atoms with Gasteiger partial charge in [0.1, 0.15) is 5.54 Å². The Hall–Kier alpha value is -2.01. The number of hydrogen-bond acceptors (Lipinski definition) is 6. The van der Waals surface area contributed by atoms with Crippen LogP contribution in [0.1, 0.15) is 56.9 Å². The maximum absolute atomic E-state index is 12.1. The summed E-state index contributed by atoms with van der Waals surface area (Å²) in [5, 5.41) is 19.2. The molecule has 1 heterocycles. The van der Waals surface area contributed by atoms with E-state index in [1.807, 2.05) is 23.7 Å². The van der Waals surface area contributed by atoms with Crippen molar-refractivity contribution >= 4 is 18.3 Å². The highest BCUT2D eigenvalue weighted by molar-refractivity contribution is 5.88. The Bertz CT molecular complexity index is 807. The maximum atomic E-state index is 12.1. The van der Waals surface area contributed by atoms with E-state index in [0.29, 0.717) is 37.4 Å². The second kappa shape index (κ2) is 9.01. The zero-order chi connectivity index (χ0) is 20.5. The number of hydroxylamine groups is 1. The summed E-state index contributed by atoms with van der Waals surface area (Å²) in [6.45, 7) is 1.29. The fraction of sp³-hybridized carbons (Fsp3) is 0.636. The number of rotatable bonds is 6. The molecule has 0 aromatic heterocycles. The number of likely N-dealkylation sites (tertiary alicyclic amines) is 1. The Morgan fingerprint density at radius 3 is 2.40 bits per heavy atom. The van der Waals surface area contributed by atoms with E-state index in [2.05, 4.69) is 11.0 Å². The standard InChI is InChI=1S/C22H29N3O4.ClH/c1-28-18-7-6-16(14-19(18)29-17-4-2-3-5-17)21(15-23)10-12-25(13-11-21)22(8-9-22)20(26)24-27;/h6-7,14,17,27H,2-5,8-13H2,1H3,(H,24,26);1H. The van der Waals surface area contributed by atoms with Gasteiger partial charge in [-0.05, 0) is 69.1 Å². The van der Waals surface area contributed by atoms with Crippen LogP contribution in [-0.4, -0.2) is 47.9 Å². The van der Waals surface area contributed by atoms with Crippen molar-refractivity contribution in [3.63, 3.8) is 0 Å². The second-order valence-electron chi connectivity index (χ2n) is 8.54. The summed E-state index contributed by atoms with van der Waals surface area (Å²) >= 11 is 0. The molecule has 2 saturated carbocycles. The Labute approximate surface area is 183 Å². The van der Waals surface area contributed by atoms with Crippen LogP contribution in [0.15, 0.2) is 18.2 Å². The Balaban J connectivity index is 0.00000256. The van der Waals surface area contributed by atoms with Gasteiger partial charge in [0.2, 0.25) is 0 Å². The molecular weight excluding hydrogens is 406 g/mol. The van der Waals surface area contributed by atoms with Crippen LogP contribution >= 0.6 is 12.4 Å². The first kappa shape index (κ1) is 22.7. The lowest BCUT2D eigenvalue weighted by molar-refractivity contribution is -0.137. The number of carbonyl (C=O) groups is 1. The molecule has 30 heavy (non-hydrogen) atoms. The zero-order valence-corrected chi connectivity index (χ0v) is 18.2. The number of nitriles is 1. The van der Waals surface area contributed by atoms with E-state index in [0.717, 1.165) is 31.2 Å². The molecule has 1 amide bonds. The first-order chi connectivity index (χ1) is 14.1. The summed E-state index contributed by atoms with van der Waals surface area (Å²) < 4.78 is 11.7. The lowest BCUT2D eigenvalue weighted by atomic mass is 9.73. The van der Waals surface area contributed by atoms with Crippen molar-refractivity contribution in [2.45, 2.75) is 68.4 Å². The maximum Gasteiger partial charge on any atom is 0.263 e. The SMILES string of the molecule is COc1ccc(C2(C#N)CCN(C3(C(=O)NO)CC3)CC2)cc1OC1CCCC1.Cl. The molecule has 1 aliphatic heterocycles. The molecule has 164 valence electrons. The van der Waals surface area contributed by atoms with Gasteiger partial charge in [-0.25, -0.2) is 5.48 Å². The van der Waals surface area contributed by atoms with Gasteiger partial charge in [-0.2, -0.15) is 5.26 Å². The van der Waals surface area contributed by atoms with Gasteiger partial charge in [-0.3, -0.25) is 14.9 Å². The van der Waals surface area contributed by atoms with Gasteiger partial charge in [0.15, 0.2) is 11.5 Å². The fourth-order valence-corrected chi connectivity index (χ4v) is 4.94. The van der Waals surface area contributed by atoms with E-state index in [1.165, 1.54) is 12.8 Å². The molecular formula is C22H30ClN3O4. The molecule has 0 bridgehead atoms. The van der Waals surface area contributed by atoms with Gasteiger partial charge >= 0.3 is 0 Å². The minimum atomic E-state index is -0.609. The number of halogens is 1. The van der Waals surface area contributed by atoms with Crippen molar-refractivity contribution in [3.8, 4) is 17.6 Å². The smallest absolute Gasteiger partial charge is 0.263 e. The number of carbonyl (C=O) groups excluding carboxylic acids is 1. The number of nitrogens with one attached hydrogen (secondary N) is 1. The number of ether oxygens (including phenoxy) is 2. The number of piperidine rings is 1. The van der Waals surface area contributed by atoms with Gasteiger partial charge < -0.3 is 9.47 Å². The fourth-order valence-electron chi connectivity index (χ4n) is 4.94. The largest absolute Gasteiger partial charge is 0.493 e. The van der Waals surface area contributed by atoms with E-state index in [9.17, 15) is 10.1 Å². The van der Waals surface area contributed by atoms with Crippen LogP contribution in [0.5, 0.6) is 11.5 Å². The van der Waals surface area contributed by atoms with Crippen molar-refractivity contribution < 1.29 is 19.5 Å². The van der Waals surface area contributed by atoms with Crippen LogP contribution in [-0.2, 0) is 10.2 Å². The number of benzene rings is 1. The van der Waals surface area contributed by atoms with Gasteiger partial charge in [-0.15, -0.1) is 12.4 Å². The van der Waals surface area contributed by atoms with Crippen LogP contribution in [0.4, 0.5) is 0 Å². The first-order valence-corrected chi connectivity index (χ1v) is 10.5. The molecule has 7 nitrogen and oxygen atoms in total. The Kier molecular flexibility index (Phi) is 6.81. The van der Waals surface area contributed by atoms with Crippen molar-refractivity contribution in [1.82, 2.24) is 10.4 Å². The average Bonchev–Trinajstić information content (AvgIpc) is 3.42. The van der Waals surface area contributed by atoms with Crippen molar-refractivity contribution in [2.24, 2.45) is 0 Å². The monoisotopic (exact) mass is 435 g/mol. The summed E-state index contributed by atoms with van der Waals surface area (Å²) in [6.07, 6.45) is 7.48. The van der Waals surface area contributed by atoms with E-state index in [1.54, 1.807) is 7.11 Å². The lowest BCUT2D eigenvalue weighted by Gasteiger charge is -2.41. The highest BCUT2D eigenvalue weighted by atomic mass is 35.5. The van der Waals surface area contributed by atoms with Crippen LogP contribution < -0.4 is 15.0 Å². The third-order valence-electron chi connectivity index (χ3n) is 7.00. The molecule has 1 aromatic rings. The molecule has 3 aliphatic rings. The molecule has 4 rings (SSSR count). The summed E-state index contributed by atoms with van der Waals surface area (Å²) in [7, 11) is 1.64. The molecule has 3 fully saturated rings. The summed E-state index contributed by atoms with van der Waals surface area (Å²) in [5.41, 5.74) is 1.56. The molecule has 0 spiro atoms. The molecule has 2 N–H and O–H groups in total. The van der Waals surface area contributed by atoms with Crippen LogP contribution in [0, 0.1) is 11.3 Å². The molecule has 0 radical (unpaired) electrons. The van der Waals surface area contributed by atoms with E-state index in [-0.39, 0.29) is 24.4 Å². The summed E-state index contributed by atoms with van der Waals surface area (Å²) in [5.74, 6) is 1.08. The topological polar surface area (TPSA) is 94.8 Å². The van der Waals surface area contributed by atoms with Crippen LogP contribution in [0.25, 0.3) is 0 Å². The van der Waals surface area contributed by atoms with Gasteiger partial charge in [0.05, 0.1) is 24.7 Å². The molecule has 1 saturated heterocycles. The van der Waals surface area contributed by atoms with E-state index < -0.39 is 11.0 Å². The van der Waals surface area contributed by atoms with Crippen molar-refractivity contribution in [1.29, 1.82) is 5.26 Å². The van der Waals surface area contributed by atoms with Crippen LogP contribution in [0.3, 0.4) is 0 Å². The highest BCUT2D eigenvalue weighted by Crippen LogP contribution is 2.47. The minimum Gasteiger partial charge on any atom is -0.493 e. The predicted molar refractivity (Wildman–Crippen MR) is 113 cm³/mol. The lowest BCUT2D eigenvalue weighted by Crippen LogP contribution is -2.53. The minimum absolute atomic E-state index is 0. The Morgan fingerprint density at radius 2 is 1.87 bits per heavy atom. The normalized spacial score (nSPS) is 22.4. The third kappa shape index (κ3) is 3.96. The molecule has 1 aromatic carbocycles. The van der Waals surface area contributed by atoms with E-state index >= 15 is 0 Å². The Morgan fingerprint density at radius 1 is 1.20 bits per heavy atom. The summed E-state index contributed by atoms with van der Waals surface area (Å²) in [6, 6.07) is 8.39. The quantitative estimate of drug-likeness (QED) is 0.525. The molecule has 0 unspecified atom stereocenters. The molecule has 0 atom stereocenters. The van der Waals surface area contributed by atoms with Crippen LogP contribution in [0.2, 0.25) is 0 Å². The zero-order valence-electron chi connectivity index (χ0n) is 17.4. The highest BCUT2D eigenvalue weighted by Gasteiger charge is 2.56. The van der Waals surface area contributed by atoms with Gasteiger partial charge in [0, 0.05) is 13.1 Å². The van der Waals surface area contributed by atoms with Crippen molar-refractivity contribution in [2.75, 3.05) is 20.2 Å². The van der Waals surface area contributed by atoms with E-state index in [4.69, 9.17) is 14.7 Å².